The van der Waals surface area contributed by atoms with Crippen LogP contribution in [0.25, 0.3) is 33.1 Å². The Kier molecular flexibility index (Phi) is 6.50. The van der Waals surface area contributed by atoms with Crippen LogP contribution < -0.4 is 10.6 Å². The Morgan fingerprint density at radius 2 is 1.84 bits per heavy atom. The van der Waals surface area contributed by atoms with E-state index in [-0.39, 0.29) is 18.0 Å². The third-order valence-electron chi connectivity index (χ3n) is 7.79. The van der Waals surface area contributed by atoms with Gasteiger partial charge in [-0.05, 0) is 78.4 Å². The van der Waals surface area contributed by atoms with Gasteiger partial charge in [-0.2, -0.15) is 0 Å². The predicted octanol–water partition coefficient (Wildman–Crippen LogP) is 6.03. The van der Waals surface area contributed by atoms with Crippen LogP contribution in [0.5, 0.6) is 0 Å². The summed E-state index contributed by atoms with van der Waals surface area (Å²) in [5.41, 5.74) is 7.28. The zero-order chi connectivity index (χ0) is 26.1. The second kappa shape index (κ2) is 10.2. The molecule has 38 heavy (non-hydrogen) atoms. The number of amides is 1. The molecule has 0 radical (unpaired) electrons. The molecule has 3 heterocycles. The van der Waals surface area contributed by atoms with Crippen molar-refractivity contribution in [2.24, 2.45) is 13.0 Å². The molecule has 0 aliphatic heterocycles. The Morgan fingerprint density at radius 1 is 1.00 bits per heavy atom. The summed E-state index contributed by atoms with van der Waals surface area (Å²) in [7, 11) is 2.07. The zero-order valence-corrected chi connectivity index (χ0v) is 21.8. The van der Waals surface area contributed by atoms with Gasteiger partial charge in [-0.3, -0.25) is 19.7 Å². The van der Waals surface area contributed by atoms with Crippen LogP contribution in [0.4, 0.5) is 5.69 Å². The molecule has 0 saturated heterocycles. The fourth-order valence-electron chi connectivity index (χ4n) is 5.91. The van der Waals surface area contributed by atoms with Crippen LogP contribution in [0.2, 0.25) is 0 Å². The standard InChI is InChI=1S/C31H32N6O/c1-20(38)35-25-9-7-22(8-10-25)30(24-4-3-12-32-19-24)36-26-17-27(31-28(18-26)33-13-14-34-31)23-6-5-21-11-15-37(2)29(21)16-23/h3-6,11-19,22,25,30,36H,7-10H2,1-2H3,(H,35,38)/t22?,25?,30-/m1/s1. The molecule has 0 bridgehead atoms. The number of nitrogens with one attached hydrogen (secondary N) is 2. The van der Waals surface area contributed by atoms with Crippen LogP contribution >= 0.6 is 0 Å². The molecule has 1 aliphatic carbocycles. The molecule has 3 aromatic heterocycles. The van der Waals surface area contributed by atoms with Crippen molar-refractivity contribution in [2.45, 2.75) is 44.7 Å². The van der Waals surface area contributed by atoms with E-state index in [2.05, 4.69) is 80.9 Å². The summed E-state index contributed by atoms with van der Waals surface area (Å²) in [5.74, 6) is 0.471. The van der Waals surface area contributed by atoms with Crippen LogP contribution in [-0.2, 0) is 11.8 Å². The number of rotatable bonds is 6. The van der Waals surface area contributed by atoms with Crippen molar-refractivity contribution >= 4 is 33.5 Å². The molecule has 1 saturated carbocycles. The molecular formula is C31H32N6O. The number of nitrogens with zero attached hydrogens (tertiary/aromatic N) is 4. The minimum atomic E-state index is 0.0497. The quantitative estimate of drug-likeness (QED) is 0.295. The van der Waals surface area contributed by atoms with Gasteiger partial charge in [-0.25, -0.2) is 0 Å². The Balaban J connectivity index is 1.37. The maximum atomic E-state index is 11.6. The monoisotopic (exact) mass is 504 g/mol. The van der Waals surface area contributed by atoms with Crippen molar-refractivity contribution in [2.75, 3.05) is 5.32 Å². The molecule has 0 unspecified atom stereocenters. The van der Waals surface area contributed by atoms with Gasteiger partial charge in [0.05, 0.1) is 17.1 Å². The number of aromatic nitrogens is 4. The second-order valence-electron chi connectivity index (χ2n) is 10.4. The SMILES string of the molecule is CC(=O)NC1CCC([C@@H](Nc2cc(-c3ccc4ccn(C)c4c3)c3nccnc3c2)c2cccnc2)CC1. The summed E-state index contributed by atoms with van der Waals surface area (Å²) in [6.07, 6.45) is 13.4. The van der Waals surface area contributed by atoms with E-state index >= 15 is 0 Å². The predicted molar refractivity (Wildman–Crippen MR) is 152 cm³/mol. The highest BCUT2D eigenvalue weighted by atomic mass is 16.1. The van der Waals surface area contributed by atoms with Crippen molar-refractivity contribution in [3.63, 3.8) is 0 Å². The van der Waals surface area contributed by atoms with E-state index in [1.807, 2.05) is 18.5 Å². The summed E-state index contributed by atoms with van der Waals surface area (Å²) in [4.78, 5) is 25.4. The molecule has 1 atom stereocenters. The molecule has 6 rings (SSSR count). The summed E-state index contributed by atoms with van der Waals surface area (Å²) in [6, 6.07) is 17.5. The first-order valence-corrected chi connectivity index (χ1v) is 13.3. The minimum Gasteiger partial charge on any atom is -0.378 e. The third kappa shape index (κ3) is 4.84. The molecule has 7 nitrogen and oxygen atoms in total. The maximum Gasteiger partial charge on any atom is 0.217 e. The summed E-state index contributed by atoms with van der Waals surface area (Å²) in [5, 5.41) is 8.18. The third-order valence-corrected chi connectivity index (χ3v) is 7.79. The lowest BCUT2D eigenvalue weighted by atomic mass is 9.79. The first-order valence-electron chi connectivity index (χ1n) is 13.3. The molecule has 192 valence electrons. The average Bonchev–Trinajstić information content (AvgIpc) is 3.32. The van der Waals surface area contributed by atoms with Crippen LogP contribution in [0, 0.1) is 5.92 Å². The number of carbonyl (C=O) groups excluding carboxylic acids is 1. The number of benzene rings is 2. The molecular weight excluding hydrogens is 472 g/mol. The summed E-state index contributed by atoms with van der Waals surface area (Å²) in [6.45, 7) is 1.60. The van der Waals surface area contributed by atoms with Gasteiger partial charge in [0.15, 0.2) is 0 Å². The van der Waals surface area contributed by atoms with E-state index in [4.69, 9.17) is 4.98 Å². The lowest BCUT2D eigenvalue weighted by molar-refractivity contribution is -0.119. The summed E-state index contributed by atoms with van der Waals surface area (Å²) >= 11 is 0. The number of hydrogen-bond donors (Lipinski definition) is 2. The van der Waals surface area contributed by atoms with E-state index in [9.17, 15) is 4.79 Å². The van der Waals surface area contributed by atoms with Gasteiger partial charge >= 0.3 is 0 Å². The van der Waals surface area contributed by atoms with Crippen LogP contribution in [0.3, 0.4) is 0 Å². The van der Waals surface area contributed by atoms with Crippen molar-refractivity contribution < 1.29 is 4.79 Å². The molecule has 5 aromatic rings. The van der Waals surface area contributed by atoms with E-state index in [1.165, 1.54) is 16.5 Å². The van der Waals surface area contributed by atoms with Crippen molar-refractivity contribution in [1.82, 2.24) is 24.8 Å². The van der Waals surface area contributed by atoms with E-state index in [0.717, 1.165) is 53.5 Å². The lowest BCUT2D eigenvalue weighted by Gasteiger charge is -2.35. The van der Waals surface area contributed by atoms with Crippen LogP contribution in [0.1, 0.15) is 44.2 Å². The number of carbonyl (C=O) groups is 1. The van der Waals surface area contributed by atoms with E-state index in [1.54, 1.807) is 19.3 Å². The topological polar surface area (TPSA) is 84.7 Å². The Hall–Kier alpha value is -4.26. The highest BCUT2D eigenvalue weighted by Gasteiger charge is 2.29. The number of hydrogen-bond acceptors (Lipinski definition) is 5. The van der Waals surface area contributed by atoms with Gasteiger partial charge in [0.2, 0.25) is 5.91 Å². The summed E-state index contributed by atoms with van der Waals surface area (Å²) < 4.78 is 2.14. The number of anilines is 1. The Bertz CT molecular complexity index is 1590. The fourth-order valence-corrected chi connectivity index (χ4v) is 5.91. The Morgan fingerprint density at radius 3 is 2.63 bits per heavy atom. The van der Waals surface area contributed by atoms with Gasteiger partial charge < -0.3 is 15.2 Å². The minimum absolute atomic E-state index is 0.0497. The van der Waals surface area contributed by atoms with Gasteiger partial charge in [0.25, 0.3) is 0 Å². The largest absolute Gasteiger partial charge is 0.378 e. The van der Waals surface area contributed by atoms with Crippen molar-refractivity contribution in [1.29, 1.82) is 0 Å². The average molecular weight is 505 g/mol. The smallest absolute Gasteiger partial charge is 0.217 e. The van der Waals surface area contributed by atoms with E-state index < -0.39 is 0 Å². The number of aryl methyl sites for hydroxylation is 1. The molecule has 0 spiro atoms. The molecule has 2 aromatic carbocycles. The molecule has 1 fully saturated rings. The van der Waals surface area contributed by atoms with Gasteiger partial charge in [-0.15, -0.1) is 0 Å². The zero-order valence-electron chi connectivity index (χ0n) is 21.8. The molecule has 2 N–H and O–H groups in total. The normalized spacial score (nSPS) is 18.4. The molecule has 1 amide bonds. The van der Waals surface area contributed by atoms with Crippen molar-refractivity contribution in [3.05, 3.63) is 85.1 Å². The molecule has 7 heteroatoms. The van der Waals surface area contributed by atoms with Crippen LogP contribution in [0.15, 0.2) is 79.5 Å². The van der Waals surface area contributed by atoms with Gasteiger partial charge in [0, 0.05) is 67.8 Å². The lowest BCUT2D eigenvalue weighted by Crippen LogP contribution is -2.38. The highest BCUT2D eigenvalue weighted by Crippen LogP contribution is 2.39. The van der Waals surface area contributed by atoms with Crippen molar-refractivity contribution in [3.8, 4) is 11.1 Å². The molecule has 1 aliphatic rings. The highest BCUT2D eigenvalue weighted by molar-refractivity contribution is 5.97. The van der Waals surface area contributed by atoms with Crippen LogP contribution in [-0.4, -0.2) is 31.5 Å². The first kappa shape index (κ1) is 24.1. The maximum absolute atomic E-state index is 11.6. The first-order chi connectivity index (χ1) is 18.5. The Labute approximate surface area is 222 Å². The number of pyridine rings is 1. The van der Waals surface area contributed by atoms with E-state index in [0.29, 0.717) is 5.92 Å². The second-order valence-corrected chi connectivity index (χ2v) is 10.4. The fraction of sp³-hybridized carbons (Fsp3) is 0.290. The van der Waals surface area contributed by atoms with Gasteiger partial charge in [0.1, 0.15) is 0 Å². The van der Waals surface area contributed by atoms with Gasteiger partial charge in [-0.1, -0.05) is 18.2 Å². The number of fused-ring (bicyclic) bond motifs is 2.